The third-order valence-electron chi connectivity index (χ3n) is 4.24. The summed E-state index contributed by atoms with van der Waals surface area (Å²) >= 11 is 0. The zero-order valence-electron chi connectivity index (χ0n) is 16.1. The molecule has 0 heterocycles. The van der Waals surface area contributed by atoms with Crippen LogP contribution in [0.1, 0.15) is 111 Å². The maximum atomic E-state index is 11.4. The maximum absolute atomic E-state index is 11.4. The van der Waals surface area contributed by atoms with Gasteiger partial charge in [0.15, 0.2) is 0 Å². The lowest BCUT2D eigenvalue weighted by Crippen LogP contribution is -2.39. The third kappa shape index (κ3) is 19.2. The molecule has 2 N–H and O–H groups in total. The van der Waals surface area contributed by atoms with Crippen molar-refractivity contribution in [2.24, 2.45) is 0 Å². The summed E-state index contributed by atoms with van der Waals surface area (Å²) in [7, 11) is 0. The van der Waals surface area contributed by atoms with Crippen LogP contribution in [0.25, 0.3) is 0 Å². The number of unbranched alkanes of at least 4 members (excludes halogenated alkanes) is 13. The predicted octanol–water partition coefficient (Wildman–Crippen LogP) is 6.18. The van der Waals surface area contributed by atoms with Crippen LogP contribution < -0.4 is 10.6 Å². The molecule has 2 amide bonds. The van der Waals surface area contributed by atoms with E-state index in [1.807, 2.05) is 13.8 Å². The Hall–Kier alpha value is -0.730. The second kappa shape index (κ2) is 17.6. The number of amides is 2. The molecule has 0 aliphatic heterocycles. The molecule has 3 nitrogen and oxygen atoms in total. The van der Waals surface area contributed by atoms with Crippen molar-refractivity contribution < 1.29 is 4.79 Å². The van der Waals surface area contributed by atoms with Gasteiger partial charge >= 0.3 is 6.03 Å². The van der Waals surface area contributed by atoms with Crippen LogP contribution in [0.5, 0.6) is 0 Å². The Morgan fingerprint density at radius 3 is 1.48 bits per heavy atom. The van der Waals surface area contributed by atoms with E-state index >= 15 is 0 Å². The first-order valence-corrected chi connectivity index (χ1v) is 10.2. The largest absolute Gasteiger partial charge is 0.338 e. The number of carbonyl (C=O) groups is 1. The molecule has 0 fully saturated rings. The molecule has 0 spiro atoms. The van der Waals surface area contributed by atoms with E-state index in [4.69, 9.17) is 0 Å². The van der Waals surface area contributed by atoms with Gasteiger partial charge in [-0.25, -0.2) is 4.79 Å². The number of rotatable bonds is 16. The van der Waals surface area contributed by atoms with Crippen LogP contribution in [0.15, 0.2) is 0 Å². The van der Waals surface area contributed by atoms with Crippen molar-refractivity contribution in [3.63, 3.8) is 0 Å². The van der Waals surface area contributed by atoms with Gasteiger partial charge in [-0.3, -0.25) is 0 Å². The highest BCUT2D eigenvalue weighted by Gasteiger charge is 2.00. The molecule has 23 heavy (non-hydrogen) atoms. The van der Waals surface area contributed by atoms with Crippen LogP contribution in [0.4, 0.5) is 4.79 Å². The number of hydrogen-bond acceptors (Lipinski definition) is 1. The zero-order chi connectivity index (χ0) is 17.2. The van der Waals surface area contributed by atoms with Crippen molar-refractivity contribution in [1.82, 2.24) is 10.6 Å². The van der Waals surface area contributed by atoms with Gasteiger partial charge in [-0.15, -0.1) is 0 Å². The van der Waals surface area contributed by atoms with Gasteiger partial charge in [0.1, 0.15) is 0 Å². The summed E-state index contributed by atoms with van der Waals surface area (Å²) in [5.41, 5.74) is 0. The molecule has 0 radical (unpaired) electrons. The molecule has 138 valence electrons. The summed E-state index contributed by atoms with van der Waals surface area (Å²) in [5, 5.41) is 5.75. The van der Waals surface area contributed by atoms with E-state index in [1.54, 1.807) is 0 Å². The van der Waals surface area contributed by atoms with Crippen molar-refractivity contribution in [2.45, 2.75) is 117 Å². The molecule has 3 heteroatoms. The highest BCUT2D eigenvalue weighted by Crippen LogP contribution is 2.12. The number of nitrogens with one attached hydrogen (secondary N) is 2. The van der Waals surface area contributed by atoms with Crippen molar-refractivity contribution in [3.8, 4) is 0 Å². The van der Waals surface area contributed by atoms with E-state index in [9.17, 15) is 4.79 Å². The van der Waals surface area contributed by atoms with Gasteiger partial charge in [-0.2, -0.15) is 0 Å². The molecule has 0 saturated carbocycles. The quantitative estimate of drug-likeness (QED) is 0.327. The van der Waals surface area contributed by atoms with Gasteiger partial charge < -0.3 is 10.6 Å². The van der Waals surface area contributed by atoms with Gasteiger partial charge in [0.25, 0.3) is 0 Å². The molecule has 0 rings (SSSR count). The Kier molecular flexibility index (Phi) is 17.1. The topological polar surface area (TPSA) is 41.1 Å². The lowest BCUT2D eigenvalue weighted by atomic mass is 10.0. The molecule has 0 aliphatic rings. The first-order valence-electron chi connectivity index (χ1n) is 10.2. The van der Waals surface area contributed by atoms with Gasteiger partial charge in [-0.05, 0) is 20.3 Å². The van der Waals surface area contributed by atoms with Crippen LogP contribution in [-0.2, 0) is 0 Å². The fourth-order valence-corrected chi connectivity index (χ4v) is 2.83. The molecule has 0 unspecified atom stereocenters. The van der Waals surface area contributed by atoms with E-state index in [0.29, 0.717) is 0 Å². The van der Waals surface area contributed by atoms with Crippen molar-refractivity contribution >= 4 is 6.03 Å². The summed E-state index contributed by atoms with van der Waals surface area (Å²) in [4.78, 5) is 11.4. The minimum absolute atomic E-state index is 0.0327. The summed E-state index contributed by atoms with van der Waals surface area (Å²) in [5.74, 6) is 0. The second-order valence-corrected chi connectivity index (χ2v) is 7.15. The molecule has 0 bridgehead atoms. The van der Waals surface area contributed by atoms with Crippen LogP contribution >= 0.6 is 0 Å². The van der Waals surface area contributed by atoms with E-state index in [-0.39, 0.29) is 12.1 Å². The molecule has 0 aliphatic carbocycles. The van der Waals surface area contributed by atoms with Crippen LogP contribution in [0.3, 0.4) is 0 Å². The van der Waals surface area contributed by atoms with Crippen LogP contribution in [0.2, 0.25) is 0 Å². The standard InChI is InChI=1S/C20H42N2O/c1-4-5-6-7-8-9-10-11-12-13-14-15-16-17-18-21-20(23)22-19(2)3/h19H,4-18H2,1-3H3,(H2,21,22,23). The SMILES string of the molecule is CCCCCCCCCCCCCCCCNC(=O)NC(C)C. The number of urea groups is 1. The minimum Gasteiger partial charge on any atom is -0.338 e. The van der Waals surface area contributed by atoms with Crippen molar-refractivity contribution in [1.29, 1.82) is 0 Å². The summed E-state index contributed by atoms with van der Waals surface area (Å²) < 4.78 is 0. The Morgan fingerprint density at radius 2 is 1.09 bits per heavy atom. The number of carbonyl (C=O) groups excluding carboxylic acids is 1. The van der Waals surface area contributed by atoms with Gasteiger partial charge in [0.2, 0.25) is 0 Å². The van der Waals surface area contributed by atoms with Gasteiger partial charge in [0, 0.05) is 12.6 Å². The fourth-order valence-electron chi connectivity index (χ4n) is 2.83. The maximum Gasteiger partial charge on any atom is 0.314 e. The van der Waals surface area contributed by atoms with E-state index in [2.05, 4.69) is 17.6 Å². The summed E-state index contributed by atoms with van der Waals surface area (Å²) in [6.45, 7) is 7.04. The molecule has 0 aromatic carbocycles. The first-order chi connectivity index (χ1) is 11.2. The Balaban J connectivity index is 3.06. The van der Waals surface area contributed by atoms with E-state index < -0.39 is 0 Å². The van der Waals surface area contributed by atoms with Crippen molar-refractivity contribution in [2.75, 3.05) is 6.54 Å². The second-order valence-electron chi connectivity index (χ2n) is 7.15. The molecular formula is C20H42N2O. The van der Waals surface area contributed by atoms with Gasteiger partial charge in [0.05, 0.1) is 0 Å². The average Bonchev–Trinajstić information content (AvgIpc) is 2.50. The van der Waals surface area contributed by atoms with E-state index in [0.717, 1.165) is 13.0 Å². The monoisotopic (exact) mass is 326 g/mol. The molecule has 0 aromatic heterocycles. The highest BCUT2D eigenvalue weighted by molar-refractivity contribution is 5.73. The van der Waals surface area contributed by atoms with E-state index in [1.165, 1.54) is 83.5 Å². The predicted molar refractivity (Wildman–Crippen MR) is 102 cm³/mol. The minimum atomic E-state index is -0.0327. The highest BCUT2D eigenvalue weighted by atomic mass is 16.2. The zero-order valence-corrected chi connectivity index (χ0v) is 16.1. The smallest absolute Gasteiger partial charge is 0.314 e. The average molecular weight is 327 g/mol. The summed E-state index contributed by atoms with van der Waals surface area (Å²) in [6.07, 6.45) is 19.2. The fraction of sp³-hybridized carbons (Fsp3) is 0.950. The molecule has 0 saturated heterocycles. The lowest BCUT2D eigenvalue weighted by Gasteiger charge is -2.09. The lowest BCUT2D eigenvalue weighted by molar-refractivity contribution is 0.238. The normalized spacial score (nSPS) is 11.0. The Morgan fingerprint density at radius 1 is 0.696 bits per heavy atom. The number of hydrogen-bond donors (Lipinski definition) is 2. The van der Waals surface area contributed by atoms with Gasteiger partial charge in [-0.1, -0.05) is 90.4 Å². The summed E-state index contributed by atoms with van der Waals surface area (Å²) in [6, 6.07) is 0.182. The molecule has 0 aromatic rings. The Labute approximate surface area is 145 Å². The first kappa shape index (κ1) is 22.3. The van der Waals surface area contributed by atoms with Crippen molar-refractivity contribution in [3.05, 3.63) is 0 Å². The third-order valence-corrected chi connectivity index (χ3v) is 4.24. The molecular weight excluding hydrogens is 284 g/mol. The van der Waals surface area contributed by atoms with Crippen LogP contribution in [-0.4, -0.2) is 18.6 Å². The van der Waals surface area contributed by atoms with Crippen LogP contribution in [0, 0.1) is 0 Å². The Bertz CT molecular complexity index is 254. The molecule has 0 atom stereocenters.